The highest BCUT2D eigenvalue weighted by Crippen LogP contribution is 2.26. The van der Waals surface area contributed by atoms with Gasteiger partial charge in [0.1, 0.15) is 11.9 Å². The van der Waals surface area contributed by atoms with Crippen LogP contribution in [0.1, 0.15) is 36.3 Å². The van der Waals surface area contributed by atoms with E-state index in [2.05, 4.69) is 43.4 Å². The van der Waals surface area contributed by atoms with Crippen molar-refractivity contribution in [2.45, 2.75) is 38.8 Å². The molecule has 0 aliphatic rings. The molecule has 3 aromatic rings. The summed E-state index contributed by atoms with van der Waals surface area (Å²) in [7, 11) is 0. The van der Waals surface area contributed by atoms with Gasteiger partial charge in [0.2, 0.25) is 0 Å². The number of fused-ring (bicyclic) bond motifs is 1. The molecule has 0 saturated heterocycles. The Hall–Kier alpha value is -2.10. The van der Waals surface area contributed by atoms with Crippen molar-refractivity contribution in [3.8, 4) is 0 Å². The highest BCUT2D eigenvalue weighted by molar-refractivity contribution is 5.84. The summed E-state index contributed by atoms with van der Waals surface area (Å²) in [6.45, 7) is 4.75. The third-order valence-corrected chi connectivity index (χ3v) is 4.49. The van der Waals surface area contributed by atoms with Gasteiger partial charge in [0.15, 0.2) is 0 Å². The molecule has 126 valence electrons. The molecule has 2 N–H and O–H groups in total. The van der Waals surface area contributed by atoms with E-state index in [0.717, 1.165) is 23.6 Å². The van der Waals surface area contributed by atoms with E-state index in [1.807, 2.05) is 24.3 Å². The summed E-state index contributed by atoms with van der Waals surface area (Å²) < 4.78 is 5.56. The lowest BCUT2D eigenvalue weighted by Gasteiger charge is -2.16. The standard InChI is InChI=1S/C21H25NO2/c1-15-7-10-17(11-8-15)12-9-16(2)22-13-20(23)21-19-6-4-3-5-18(19)14-24-21/h3-8,10-11,14,16,20,22-23H,9,12-13H2,1-2H3. The van der Waals surface area contributed by atoms with Crippen LogP contribution in [0.25, 0.3) is 10.8 Å². The molecule has 0 spiro atoms. The van der Waals surface area contributed by atoms with Crippen molar-refractivity contribution >= 4 is 10.8 Å². The molecular weight excluding hydrogens is 298 g/mol. The Morgan fingerprint density at radius 2 is 1.83 bits per heavy atom. The van der Waals surface area contributed by atoms with Crippen LogP contribution >= 0.6 is 0 Å². The number of aliphatic hydroxyl groups excluding tert-OH is 1. The summed E-state index contributed by atoms with van der Waals surface area (Å²) in [6, 6.07) is 16.9. The van der Waals surface area contributed by atoms with Crippen molar-refractivity contribution < 1.29 is 9.52 Å². The van der Waals surface area contributed by atoms with Gasteiger partial charge in [-0.25, -0.2) is 0 Å². The molecule has 1 heterocycles. The molecule has 2 atom stereocenters. The van der Waals surface area contributed by atoms with Crippen LogP contribution in [0, 0.1) is 6.92 Å². The van der Waals surface area contributed by atoms with Gasteiger partial charge in [0, 0.05) is 23.4 Å². The van der Waals surface area contributed by atoms with Gasteiger partial charge >= 0.3 is 0 Å². The first-order valence-electron chi connectivity index (χ1n) is 8.56. The molecule has 0 radical (unpaired) electrons. The van der Waals surface area contributed by atoms with Gasteiger partial charge in [-0.3, -0.25) is 0 Å². The molecule has 24 heavy (non-hydrogen) atoms. The molecule has 3 nitrogen and oxygen atoms in total. The molecule has 0 aliphatic heterocycles. The predicted molar refractivity (Wildman–Crippen MR) is 98.1 cm³/mol. The maximum absolute atomic E-state index is 10.4. The van der Waals surface area contributed by atoms with Crippen LogP contribution in [0.3, 0.4) is 0 Å². The number of benzene rings is 2. The Balaban J connectivity index is 1.50. The summed E-state index contributed by atoms with van der Waals surface area (Å²) in [5.74, 6) is 0.642. The number of furan rings is 1. The van der Waals surface area contributed by atoms with Gasteiger partial charge < -0.3 is 14.8 Å². The molecule has 0 aliphatic carbocycles. The lowest BCUT2D eigenvalue weighted by molar-refractivity contribution is 0.145. The van der Waals surface area contributed by atoms with E-state index in [1.54, 1.807) is 6.26 Å². The van der Waals surface area contributed by atoms with E-state index in [9.17, 15) is 5.11 Å². The minimum absolute atomic E-state index is 0.335. The van der Waals surface area contributed by atoms with Crippen molar-refractivity contribution in [2.24, 2.45) is 0 Å². The van der Waals surface area contributed by atoms with E-state index >= 15 is 0 Å². The molecule has 0 amide bonds. The summed E-state index contributed by atoms with van der Waals surface area (Å²) in [6.07, 6.45) is 3.14. The lowest BCUT2D eigenvalue weighted by atomic mass is 10.0. The molecule has 0 bridgehead atoms. The second kappa shape index (κ2) is 7.65. The number of rotatable bonds is 7. The van der Waals surface area contributed by atoms with E-state index in [4.69, 9.17) is 4.42 Å². The van der Waals surface area contributed by atoms with Crippen molar-refractivity contribution in [1.82, 2.24) is 5.32 Å². The average molecular weight is 323 g/mol. The zero-order valence-corrected chi connectivity index (χ0v) is 14.3. The fourth-order valence-corrected chi connectivity index (χ4v) is 2.92. The summed E-state index contributed by atoms with van der Waals surface area (Å²) in [5, 5.41) is 15.8. The van der Waals surface area contributed by atoms with Crippen LogP contribution in [0.2, 0.25) is 0 Å². The number of aliphatic hydroxyl groups is 1. The molecule has 2 unspecified atom stereocenters. The highest BCUT2D eigenvalue weighted by atomic mass is 16.4. The number of nitrogens with one attached hydrogen (secondary N) is 1. The van der Waals surface area contributed by atoms with Gasteiger partial charge in [-0.1, -0.05) is 54.1 Å². The molecule has 0 saturated carbocycles. The van der Waals surface area contributed by atoms with Crippen molar-refractivity contribution in [3.05, 3.63) is 71.7 Å². The van der Waals surface area contributed by atoms with Crippen LogP contribution in [-0.2, 0) is 6.42 Å². The first kappa shape index (κ1) is 16.7. The summed E-state index contributed by atoms with van der Waals surface area (Å²) in [5.41, 5.74) is 2.64. The maximum atomic E-state index is 10.4. The first-order valence-corrected chi connectivity index (χ1v) is 8.56. The molecule has 3 heteroatoms. The van der Waals surface area contributed by atoms with Crippen molar-refractivity contribution in [3.63, 3.8) is 0 Å². The van der Waals surface area contributed by atoms with Gasteiger partial charge in [0.05, 0.1) is 6.26 Å². The Kier molecular flexibility index (Phi) is 5.34. The van der Waals surface area contributed by atoms with E-state index in [1.165, 1.54) is 11.1 Å². The van der Waals surface area contributed by atoms with E-state index in [-0.39, 0.29) is 0 Å². The van der Waals surface area contributed by atoms with Crippen LogP contribution in [0.5, 0.6) is 0 Å². The number of hydrogen-bond acceptors (Lipinski definition) is 3. The van der Waals surface area contributed by atoms with E-state index < -0.39 is 6.10 Å². The van der Waals surface area contributed by atoms with Crippen LogP contribution < -0.4 is 5.32 Å². The SMILES string of the molecule is Cc1ccc(CCC(C)NCC(O)c2occ3ccccc23)cc1. The predicted octanol–water partition coefficient (Wildman–Crippen LogP) is 4.39. The fraction of sp³-hybridized carbons (Fsp3) is 0.333. The maximum Gasteiger partial charge on any atom is 0.141 e. The minimum atomic E-state index is -0.633. The largest absolute Gasteiger partial charge is 0.465 e. The Labute approximate surface area is 143 Å². The zero-order valence-electron chi connectivity index (χ0n) is 14.3. The topological polar surface area (TPSA) is 45.4 Å². The lowest BCUT2D eigenvalue weighted by Crippen LogP contribution is -2.30. The van der Waals surface area contributed by atoms with Gasteiger partial charge in [-0.15, -0.1) is 0 Å². The summed E-state index contributed by atoms with van der Waals surface area (Å²) in [4.78, 5) is 0. The minimum Gasteiger partial charge on any atom is -0.465 e. The molecule has 3 rings (SSSR count). The average Bonchev–Trinajstić information content (AvgIpc) is 3.03. The fourth-order valence-electron chi connectivity index (χ4n) is 2.92. The van der Waals surface area contributed by atoms with Crippen molar-refractivity contribution in [2.75, 3.05) is 6.54 Å². The molecule has 1 aromatic heterocycles. The van der Waals surface area contributed by atoms with Crippen LogP contribution in [0.15, 0.2) is 59.2 Å². The normalized spacial score (nSPS) is 14.0. The van der Waals surface area contributed by atoms with Gasteiger partial charge in [-0.05, 0) is 32.3 Å². The molecule has 0 fully saturated rings. The monoisotopic (exact) mass is 323 g/mol. The second-order valence-corrected chi connectivity index (χ2v) is 6.54. The van der Waals surface area contributed by atoms with Gasteiger partial charge in [-0.2, -0.15) is 0 Å². The first-order chi connectivity index (χ1) is 11.6. The third kappa shape index (κ3) is 4.05. The zero-order chi connectivity index (χ0) is 16.9. The van der Waals surface area contributed by atoms with Crippen LogP contribution in [0.4, 0.5) is 0 Å². The number of aryl methyl sites for hydroxylation is 2. The van der Waals surface area contributed by atoms with Crippen molar-refractivity contribution in [1.29, 1.82) is 0 Å². The quantitative estimate of drug-likeness (QED) is 0.678. The highest BCUT2D eigenvalue weighted by Gasteiger charge is 2.16. The second-order valence-electron chi connectivity index (χ2n) is 6.54. The summed E-state index contributed by atoms with van der Waals surface area (Å²) >= 11 is 0. The third-order valence-electron chi connectivity index (χ3n) is 4.49. The van der Waals surface area contributed by atoms with Gasteiger partial charge in [0.25, 0.3) is 0 Å². The number of hydrogen-bond donors (Lipinski definition) is 2. The van der Waals surface area contributed by atoms with E-state index in [0.29, 0.717) is 18.3 Å². The Bertz CT molecular complexity index is 776. The smallest absolute Gasteiger partial charge is 0.141 e. The van der Waals surface area contributed by atoms with Crippen LogP contribution in [-0.4, -0.2) is 17.7 Å². The Morgan fingerprint density at radius 1 is 1.08 bits per heavy atom. The molecule has 2 aromatic carbocycles. The Morgan fingerprint density at radius 3 is 2.62 bits per heavy atom. The molecular formula is C21H25NO2.